The molecule has 2 saturated carbocycles. The summed E-state index contributed by atoms with van der Waals surface area (Å²) in [5.74, 6) is 2.06. The van der Waals surface area contributed by atoms with E-state index in [-0.39, 0.29) is 22.9 Å². The molecule has 178 valence electrons. The van der Waals surface area contributed by atoms with Crippen molar-refractivity contribution >= 4 is 17.5 Å². The van der Waals surface area contributed by atoms with Crippen molar-refractivity contribution in [2.45, 2.75) is 98.5 Å². The molecule has 0 radical (unpaired) electrons. The highest BCUT2D eigenvalue weighted by atomic mass is 16.6. The molecule has 3 aliphatic rings. The van der Waals surface area contributed by atoms with Crippen LogP contribution in [-0.4, -0.2) is 23.1 Å². The molecule has 0 bridgehead atoms. The third-order valence-electron chi connectivity index (χ3n) is 9.08. The predicted octanol–water partition coefficient (Wildman–Crippen LogP) is 6.24. The summed E-state index contributed by atoms with van der Waals surface area (Å²) in [6, 6.07) is 0. The van der Waals surface area contributed by atoms with Crippen LogP contribution < -0.4 is 0 Å². The highest BCUT2D eigenvalue weighted by Gasteiger charge is 2.53. The van der Waals surface area contributed by atoms with Gasteiger partial charge in [0.1, 0.15) is 0 Å². The Balaban J connectivity index is 1.74. The molecule has 0 amide bonds. The van der Waals surface area contributed by atoms with Gasteiger partial charge in [0.15, 0.2) is 17.2 Å². The lowest BCUT2D eigenvalue weighted by atomic mass is 9.60. The van der Waals surface area contributed by atoms with Gasteiger partial charge >= 0.3 is 5.97 Å². The second-order valence-corrected chi connectivity index (χ2v) is 11.5. The summed E-state index contributed by atoms with van der Waals surface area (Å²) in [6.07, 6.45) is 11.9. The number of hydrogen-bond acceptors (Lipinski definition) is 4. The molecule has 0 spiro atoms. The zero-order valence-electron chi connectivity index (χ0n) is 20.9. The van der Waals surface area contributed by atoms with Crippen LogP contribution in [0.3, 0.4) is 0 Å². The largest absolute Gasteiger partial charge is 0.448 e. The number of carbonyl (C=O) groups excluding carboxylic acids is 3. The van der Waals surface area contributed by atoms with Crippen molar-refractivity contribution in [3.8, 4) is 0 Å². The average Bonchev–Trinajstić information content (AvgIpc) is 3.08. The van der Waals surface area contributed by atoms with Crippen molar-refractivity contribution in [3.05, 3.63) is 23.8 Å². The minimum absolute atomic E-state index is 0.0494. The number of ketones is 2. The van der Waals surface area contributed by atoms with Crippen LogP contribution in [0, 0.1) is 35.0 Å². The Labute approximate surface area is 194 Å². The number of esters is 1. The first kappa shape index (κ1) is 24.9. The Morgan fingerprint density at radius 1 is 1.12 bits per heavy atom. The van der Waals surface area contributed by atoms with E-state index in [4.69, 9.17) is 4.74 Å². The topological polar surface area (TPSA) is 60.4 Å². The molecular formula is C28H42O4. The van der Waals surface area contributed by atoms with E-state index in [2.05, 4.69) is 34.6 Å². The second-order valence-electron chi connectivity index (χ2n) is 11.5. The number of carbonyl (C=O) groups is 3. The van der Waals surface area contributed by atoms with Crippen LogP contribution in [-0.2, 0) is 19.1 Å². The number of rotatable bonds is 7. The average molecular weight is 443 g/mol. The zero-order valence-corrected chi connectivity index (χ0v) is 20.9. The van der Waals surface area contributed by atoms with Crippen LogP contribution in [0.4, 0.5) is 0 Å². The molecule has 6 atom stereocenters. The predicted molar refractivity (Wildman–Crippen MR) is 127 cm³/mol. The third kappa shape index (κ3) is 4.94. The van der Waals surface area contributed by atoms with E-state index >= 15 is 0 Å². The summed E-state index contributed by atoms with van der Waals surface area (Å²) in [4.78, 5) is 37.9. The van der Waals surface area contributed by atoms with Crippen molar-refractivity contribution in [2.75, 3.05) is 0 Å². The van der Waals surface area contributed by atoms with Crippen LogP contribution >= 0.6 is 0 Å². The van der Waals surface area contributed by atoms with Gasteiger partial charge in [-0.15, -0.1) is 0 Å². The molecule has 0 aromatic heterocycles. The Morgan fingerprint density at radius 2 is 1.84 bits per heavy atom. The monoisotopic (exact) mass is 442 g/mol. The molecule has 2 fully saturated rings. The summed E-state index contributed by atoms with van der Waals surface area (Å²) < 4.78 is 5.62. The maximum absolute atomic E-state index is 12.9. The maximum atomic E-state index is 12.9. The number of hydrogen-bond donors (Lipinski definition) is 0. The molecule has 0 N–H and O–H groups in total. The fourth-order valence-corrected chi connectivity index (χ4v) is 6.36. The van der Waals surface area contributed by atoms with E-state index < -0.39 is 11.6 Å². The van der Waals surface area contributed by atoms with Crippen LogP contribution in [0.5, 0.6) is 0 Å². The minimum atomic E-state index is -1.12. The van der Waals surface area contributed by atoms with Crippen LogP contribution in [0.25, 0.3) is 0 Å². The lowest BCUT2D eigenvalue weighted by Crippen LogP contribution is -2.41. The molecule has 0 saturated heterocycles. The van der Waals surface area contributed by atoms with E-state index in [1.165, 1.54) is 25.0 Å². The first-order chi connectivity index (χ1) is 15.0. The Hall–Kier alpha value is -1.71. The standard InChI is InChI=1S/C28H42O4/c1-18(2)19(3)10-11-20(4)22-12-13-23-21(24(29)14-16-27(22,23)5)17-26(31)32-28(6)15-8-7-9-25(28)30/h7,9,17-20,22-23H,8,10-16H2,1-6H3/b21-17-/t19-,20-,22-,23+,27-,28-/m1/s1. The zero-order chi connectivity index (χ0) is 23.7. The van der Waals surface area contributed by atoms with Gasteiger partial charge in [-0.2, -0.15) is 0 Å². The molecule has 0 aromatic carbocycles. The van der Waals surface area contributed by atoms with Crippen molar-refractivity contribution in [3.63, 3.8) is 0 Å². The van der Waals surface area contributed by atoms with Gasteiger partial charge in [0.05, 0.1) is 0 Å². The molecule has 4 nitrogen and oxygen atoms in total. The molecule has 0 aromatic rings. The van der Waals surface area contributed by atoms with Gasteiger partial charge < -0.3 is 4.74 Å². The lowest BCUT2D eigenvalue weighted by molar-refractivity contribution is -0.160. The number of ether oxygens (including phenoxy) is 1. The van der Waals surface area contributed by atoms with Crippen molar-refractivity contribution in [1.29, 1.82) is 0 Å². The van der Waals surface area contributed by atoms with Crippen molar-refractivity contribution in [1.82, 2.24) is 0 Å². The molecule has 4 heteroatoms. The van der Waals surface area contributed by atoms with Crippen LogP contribution in [0.15, 0.2) is 23.8 Å². The van der Waals surface area contributed by atoms with Gasteiger partial charge in [0, 0.05) is 18.1 Å². The molecular weight excluding hydrogens is 400 g/mol. The number of allylic oxidation sites excluding steroid dienone is 2. The first-order valence-electron chi connectivity index (χ1n) is 12.7. The summed E-state index contributed by atoms with van der Waals surface area (Å²) in [5, 5.41) is 0. The fourth-order valence-electron chi connectivity index (χ4n) is 6.36. The Bertz CT molecular complexity index is 806. The van der Waals surface area contributed by atoms with E-state index in [0.717, 1.165) is 25.2 Å². The van der Waals surface area contributed by atoms with Crippen molar-refractivity contribution < 1.29 is 19.1 Å². The van der Waals surface area contributed by atoms with Gasteiger partial charge in [-0.05, 0) is 80.1 Å². The lowest BCUT2D eigenvalue weighted by Gasteiger charge is -2.44. The first-order valence-corrected chi connectivity index (χ1v) is 12.7. The van der Waals surface area contributed by atoms with E-state index in [0.29, 0.717) is 42.6 Å². The molecule has 3 aliphatic carbocycles. The van der Waals surface area contributed by atoms with Crippen molar-refractivity contribution in [2.24, 2.45) is 35.0 Å². The van der Waals surface area contributed by atoms with Gasteiger partial charge in [0.2, 0.25) is 0 Å². The maximum Gasteiger partial charge on any atom is 0.332 e. The highest BCUT2D eigenvalue weighted by molar-refractivity contribution is 6.03. The number of Topliss-reactive ketones (excluding diaryl/α,β-unsaturated/α-hetero) is 1. The molecule has 0 heterocycles. The normalized spacial score (nSPS) is 35.8. The third-order valence-corrected chi connectivity index (χ3v) is 9.08. The van der Waals surface area contributed by atoms with E-state index in [1.54, 1.807) is 6.92 Å². The Morgan fingerprint density at radius 3 is 2.50 bits per heavy atom. The smallest absolute Gasteiger partial charge is 0.332 e. The quantitative estimate of drug-likeness (QED) is 0.346. The van der Waals surface area contributed by atoms with Crippen LogP contribution in [0.1, 0.15) is 92.9 Å². The van der Waals surface area contributed by atoms with Gasteiger partial charge in [0.25, 0.3) is 0 Å². The highest BCUT2D eigenvalue weighted by Crippen LogP contribution is 2.59. The van der Waals surface area contributed by atoms with E-state index in [9.17, 15) is 14.4 Å². The second kappa shape index (κ2) is 9.65. The number of fused-ring (bicyclic) bond motifs is 1. The van der Waals surface area contributed by atoms with Gasteiger partial charge in [-0.3, -0.25) is 9.59 Å². The molecule has 0 aliphatic heterocycles. The summed E-state index contributed by atoms with van der Waals surface area (Å²) in [7, 11) is 0. The molecule has 3 rings (SSSR count). The SMILES string of the molecule is CC(C)[C@H](C)CC[C@@H](C)[C@H]1CC[C@H]2/C(=C/C(=O)O[C@]3(C)CCC=CC3=O)C(=O)CC[C@]12C. The van der Waals surface area contributed by atoms with Gasteiger partial charge in [-0.25, -0.2) is 4.79 Å². The fraction of sp³-hybridized carbons (Fsp3) is 0.750. The molecule has 0 unspecified atom stereocenters. The summed E-state index contributed by atoms with van der Waals surface area (Å²) >= 11 is 0. The molecule has 32 heavy (non-hydrogen) atoms. The van der Waals surface area contributed by atoms with Gasteiger partial charge in [-0.1, -0.05) is 53.5 Å². The van der Waals surface area contributed by atoms with E-state index in [1.807, 2.05) is 6.08 Å². The summed E-state index contributed by atoms with van der Waals surface area (Å²) in [5.41, 5.74) is -0.436. The summed E-state index contributed by atoms with van der Waals surface area (Å²) in [6.45, 7) is 13.3. The van der Waals surface area contributed by atoms with Crippen LogP contribution in [0.2, 0.25) is 0 Å². The minimum Gasteiger partial charge on any atom is -0.448 e. The Kier molecular flexibility index (Phi) is 7.51.